The van der Waals surface area contributed by atoms with E-state index in [1.165, 1.54) is 0 Å². The van der Waals surface area contributed by atoms with E-state index in [0.29, 0.717) is 42.9 Å². The van der Waals surface area contributed by atoms with Crippen molar-refractivity contribution in [1.29, 1.82) is 0 Å². The molecule has 1 aliphatic heterocycles. The highest BCUT2D eigenvalue weighted by Crippen LogP contribution is 2.32. The second kappa shape index (κ2) is 7.60. The van der Waals surface area contributed by atoms with Gasteiger partial charge in [0.05, 0.1) is 26.4 Å². The lowest BCUT2D eigenvalue weighted by atomic mass is 10.1. The van der Waals surface area contributed by atoms with Crippen LogP contribution in [-0.4, -0.2) is 69.6 Å². The molecule has 0 aliphatic carbocycles. The summed E-state index contributed by atoms with van der Waals surface area (Å²) in [5.41, 5.74) is 1.45. The SMILES string of the molecule is COc1cc(-c2nc(N=S(C)(C)=O)cc(N3CCOC[C@H]3C)n2)c2cc[nH]c2n1. The highest BCUT2D eigenvalue weighted by Gasteiger charge is 2.23. The maximum absolute atomic E-state index is 12.3. The number of fused-ring (bicyclic) bond motifs is 1. The monoisotopic (exact) mass is 416 g/mol. The number of H-pyrrole nitrogens is 1. The number of morpholine rings is 1. The zero-order valence-corrected chi connectivity index (χ0v) is 17.7. The number of anilines is 1. The molecule has 1 saturated heterocycles. The van der Waals surface area contributed by atoms with Gasteiger partial charge < -0.3 is 19.4 Å². The van der Waals surface area contributed by atoms with Gasteiger partial charge in [0.15, 0.2) is 11.6 Å². The molecule has 0 amide bonds. The summed E-state index contributed by atoms with van der Waals surface area (Å²) in [5, 5.41) is 0.873. The lowest BCUT2D eigenvalue weighted by Crippen LogP contribution is -2.44. The Morgan fingerprint density at radius 3 is 2.86 bits per heavy atom. The smallest absolute Gasteiger partial charge is 0.215 e. The topological polar surface area (TPSA) is 106 Å². The van der Waals surface area contributed by atoms with Gasteiger partial charge in [0.2, 0.25) is 5.88 Å². The maximum Gasteiger partial charge on any atom is 0.215 e. The molecule has 1 fully saturated rings. The summed E-state index contributed by atoms with van der Waals surface area (Å²) in [7, 11) is -0.816. The van der Waals surface area contributed by atoms with Crippen LogP contribution in [0.1, 0.15) is 6.92 Å². The van der Waals surface area contributed by atoms with Crippen LogP contribution in [0, 0.1) is 0 Å². The Hall–Kier alpha value is -2.72. The molecular formula is C19H24N6O3S. The van der Waals surface area contributed by atoms with E-state index in [1.807, 2.05) is 12.3 Å². The van der Waals surface area contributed by atoms with Crippen molar-refractivity contribution in [1.82, 2.24) is 19.9 Å². The van der Waals surface area contributed by atoms with Crippen LogP contribution in [0.25, 0.3) is 22.4 Å². The Bertz CT molecular complexity index is 1160. The lowest BCUT2D eigenvalue weighted by molar-refractivity contribution is 0.0985. The van der Waals surface area contributed by atoms with Crippen LogP contribution in [0.5, 0.6) is 5.88 Å². The Morgan fingerprint density at radius 2 is 2.14 bits per heavy atom. The number of hydrogen-bond acceptors (Lipinski definition) is 8. The largest absolute Gasteiger partial charge is 0.481 e. The molecule has 0 radical (unpaired) electrons. The van der Waals surface area contributed by atoms with Crippen LogP contribution in [0.15, 0.2) is 28.8 Å². The van der Waals surface area contributed by atoms with E-state index in [1.54, 1.807) is 31.8 Å². The predicted molar refractivity (Wildman–Crippen MR) is 113 cm³/mol. The van der Waals surface area contributed by atoms with Crippen molar-refractivity contribution in [2.24, 2.45) is 4.36 Å². The minimum atomic E-state index is -2.38. The molecule has 4 heterocycles. The summed E-state index contributed by atoms with van der Waals surface area (Å²) in [4.78, 5) is 19.1. The quantitative estimate of drug-likeness (QED) is 0.697. The molecule has 3 aromatic rings. The van der Waals surface area contributed by atoms with Gasteiger partial charge in [-0.2, -0.15) is 9.35 Å². The average molecular weight is 417 g/mol. The van der Waals surface area contributed by atoms with Gasteiger partial charge >= 0.3 is 0 Å². The fraction of sp³-hybridized carbons (Fsp3) is 0.421. The second-order valence-corrected chi connectivity index (χ2v) is 9.80. The summed E-state index contributed by atoms with van der Waals surface area (Å²) < 4.78 is 27.6. The molecule has 29 heavy (non-hydrogen) atoms. The fourth-order valence-electron chi connectivity index (χ4n) is 3.33. The Labute approximate surface area is 169 Å². The zero-order valence-electron chi connectivity index (χ0n) is 16.9. The Balaban J connectivity index is 1.93. The van der Waals surface area contributed by atoms with Crippen LogP contribution in [0.4, 0.5) is 11.6 Å². The van der Waals surface area contributed by atoms with Gasteiger partial charge in [-0.25, -0.2) is 14.2 Å². The van der Waals surface area contributed by atoms with Gasteiger partial charge in [0, 0.05) is 58.1 Å². The van der Waals surface area contributed by atoms with Crippen LogP contribution < -0.4 is 9.64 Å². The first-order valence-electron chi connectivity index (χ1n) is 9.27. The van der Waals surface area contributed by atoms with Gasteiger partial charge in [-0.15, -0.1) is 0 Å². The summed E-state index contributed by atoms with van der Waals surface area (Å²) in [5.74, 6) is 2.05. The van der Waals surface area contributed by atoms with Gasteiger partial charge in [-0.1, -0.05) is 0 Å². The Kier molecular flexibility index (Phi) is 5.13. The standard InChI is InChI=1S/C19H24N6O3S/c1-12-11-28-8-7-25(12)16-10-15(24-29(3,4)26)21-19(22-16)14-9-17(27-2)23-18-13(14)5-6-20-18/h5-6,9-10,12H,7-8,11H2,1-4H3,(H,20,23)/t12-/m1/s1. The van der Waals surface area contributed by atoms with E-state index in [4.69, 9.17) is 14.5 Å². The van der Waals surface area contributed by atoms with Crippen molar-refractivity contribution in [3.05, 3.63) is 24.4 Å². The summed E-state index contributed by atoms with van der Waals surface area (Å²) >= 11 is 0. The molecule has 1 aliphatic rings. The van der Waals surface area contributed by atoms with E-state index in [-0.39, 0.29) is 6.04 Å². The van der Waals surface area contributed by atoms with Crippen molar-refractivity contribution in [3.8, 4) is 17.3 Å². The fourth-order valence-corrected chi connectivity index (χ4v) is 3.88. The molecule has 0 aromatic carbocycles. The first-order valence-corrected chi connectivity index (χ1v) is 11.6. The molecule has 0 bridgehead atoms. The zero-order chi connectivity index (χ0) is 20.6. The van der Waals surface area contributed by atoms with Crippen LogP contribution in [0.3, 0.4) is 0 Å². The average Bonchev–Trinajstić information content (AvgIpc) is 3.14. The molecule has 10 heteroatoms. The number of hydrogen-bond donors (Lipinski definition) is 1. The number of methoxy groups -OCH3 is 1. The van der Waals surface area contributed by atoms with Crippen LogP contribution in [0.2, 0.25) is 0 Å². The van der Waals surface area contributed by atoms with Crippen molar-refractivity contribution in [3.63, 3.8) is 0 Å². The second-order valence-electron chi connectivity index (χ2n) is 7.25. The van der Waals surface area contributed by atoms with Crippen LogP contribution in [-0.2, 0) is 14.5 Å². The number of rotatable bonds is 4. The first kappa shape index (κ1) is 19.6. The molecule has 3 aromatic heterocycles. The maximum atomic E-state index is 12.3. The number of pyridine rings is 1. The van der Waals surface area contributed by atoms with E-state index in [0.717, 1.165) is 16.8 Å². The summed E-state index contributed by atoms with van der Waals surface area (Å²) in [6, 6.07) is 5.66. The molecule has 0 saturated carbocycles. The van der Waals surface area contributed by atoms with E-state index in [9.17, 15) is 4.21 Å². The van der Waals surface area contributed by atoms with E-state index in [2.05, 4.69) is 31.1 Å². The highest BCUT2D eigenvalue weighted by atomic mass is 32.2. The molecular weight excluding hydrogens is 392 g/mol. The van der Waals surface area contributed by atoms with Gasteiger partial charge in [0.1, 0.15) is 11.5 Å². The molecule has 154 valence electrons. The molecule has 1 N–H and O–H groups in total. The molecule has 0 spiro atoms. The third-order valence-electron chi connectivity index (χ3n) is 4.63. The minimum Gasteiger partial charge on any atom is -0.481 e. The molecule has 9 nitrogen and oxygen atoms in total. The van der Waals surface area contributed by atoms with Crippen molar-refractivity contribution < 1.29 is 13.7 Å². The van der Waals surface area contributed by atoms with Crippen molar-refractivity contribution in [2.75, 3.05) is 44.3 Å². The number of nitrogens with zero attached hydrogens (tertiary/aromatic N) is 5. The predicted octanol–water partition coefficient (Wildman–Crippen LogP) is 2.61. The van der Waals surface area contributed by atoms with Gasteiger partial charge in [-0.05, 0) is 13.0 Å². The first-order chi connectivity index (χ1) is 13.8. The van der Waals surface area contributed by atoms with Gasteiger partial charge in [0.25, 0.3) is 0 Å². The summed E-state index contributed by atoms with van der Waals surface area (Å²) in [6.45, 7) is 4.04. The number of aromatic nitrogens is 4. The highest BCUT2D eigenvalue weighted by molar-refractivity contribution is 7.92. The third-order valence-corrected chi connectivity index (χ3v) is 5.26. The number of aromatic amines is 1. The molecule has 0 unspecified atom stereocenters. The molecule has 4 rings (SSSR count). The van der Waals surface area contributed by atoms with Crippen LogP contribution >= 0.6 is 0 Å². The van der Waals surface area contributed by atoms with Gasteiger partial charge in [-0.3, -0.25) is 0 Å². The number of ether oxygens (including phenoxy) is 2. The molecule has 1 atom stereocenters. The van der Waals surface area contributed by atoms with E-state index >= 15 is 0 Å². The van der Waals surface area contributed by atoms with Crippen molar-refractivity contribution >= 4 is 32.4 Å². The Morgan fingerprint density at radius 1 is 1.31 bits per heavy atom. The van der Waals surface area contributed by atoms with Crippen molar-refractivity contribution in [2.45, 2.75) is 13.0 Å². The number of nitrogens with one attached hydrogen (secondary N) is 1. The minimum absolute atomic E-state index is 0.159. The summed E-state index contributed by atoms with van der Waals surface area (Å²) in [6.07, 6.45) is 4.99. The lowest BCUT2D eigenvalue weighted by Gasteiger charge is -2.34. The van der Waals surface area contributed by atoms with E-state index < -0.39 is 9.73 Å². The normalized spacial score (nSPS) is 17.5. The third kappa shape index (κ3) is 4.18.